The van der Waals surface area contributed by atoms with E-state index in [1.165, 1.54) is 6.08 Å². The summed E-state index contributed by atoms with van der Waals surface area (Å²) in [6, 6.07) is 16.2. The van der Waals surface area contributed by atoms with Crippen molar-refractivity contribution in [2.75, 3.05) is 26.1 Å². The Kier molecular flexibility index (Phi) is 10.3. The molecular weight excluding hydrogens is 430 g/mol. The van der Waals surface area contributed by atoms with Crippen molar-refractivity contribution in [1.82, 2.24) is 14.9 Å². The van der Waals surface area contributed by atoms with Gasteiger partial charge in [-0.2, -0.15) is 16.5 Å². The number of nitrogens with zero attached hydrogens (tertiary/aromatic N) is 1. The maximum Gasteiger partial charge on any atom is 0.238 e. The molecule has 0 fully saturated rings. The quantitative estimate of drug-likeness (QED) is 0.508. The molecule has 2 rings (SSSR count). The summed E-state index contributed by atoms with van der Waals surface area (Å²) in [7, 11) is 0.214. The van der Waals surface area contributed by atoms with E-state index in [-0.39, 0.29) is 5.91 Å². The molecule has 1 amide bonds. The van der Waals surface area contributed by atoms with E-state index in [9.17, 15) is 13.2 Å². The summed E-state index contributed by atoms with van der Waals surface area (Å²) in [6.45, 7) is 1.11. The van der Waals surface area contributed by atoms with Crippen LogP contribution < -0.4 is 10.0 Å². The minimum atomic E-state index is -3.77. The van der Waals surface area contributed by atoms with Crippen LogP contribution in [0.25, 0.3) is 6.08 Å². The van der Waals surface area contributed by atoms with Crippen molar-refractivity contribution < 1.29 is 13.2 Å². The van der Waals surface area contributed by atoms with E-state index in [4.69, 9.17) is 0 Å². The highest BCUT2D eigenvalue weighted by Gasteiger charge is 2.23. The Morgan fingerprint density at radius 2 is 1.71 bits per heavy atom. The van der Waals surface area contributed by atoms with E-state index in [0.29, 0.717) is 18.7 Å². The lowest BCUT2D eigenvalue weighted by atomic mass is 10.1. The number of carbonyl (C=O) groups is 1. The van der Waals surface area contributed by atoms with Crippen molar-refractivity contribution in [3.8, 4) is 0 Å². The zero-order valence-corrected chi connectivity index (χ0v) is 19.9. The summed E-state index contributed by atoms with van der Waals surface area (Å²) in [6.07, 6.45) is 3.85. The highest BCUT2D eigenvalue weighted by atomic mass is 32.2. The zero-order chi connectivity index (χ0) is 22.7. The van der Waals surface area contributed by atoms with Gasteiger partial charge in [0.2, 0.25) is 15.9 Å². The number of hydrogen-bond acceptors (Lipinski definition) is 5. The first-order valence-electron chi connectivity index (χ1n) is 10.0. The summed E-state index contributed by atoms with van der Waals surface area (Å²) in [5, 5.41) is 4.01. The molecule has 0 unspecified atom stereocenters. The molecule has 0 aliphatic rings. The van der Waals surface area contributed by atoms with Crippen LogP contribution in [0.4, 0.5) is 0 Å². The van der Waals surface area contributed by atoms with Gasteiger partial charge in [-0.15, -0.1) is 0 Å². The average molecular weight is 462 g/mol. The molecule has 6 nitrogen and oxygen atoms in total. The summed E-state index contributed by atoms with van der Waals surface area (Å²) >= 11 is 1.57. The number of hydrogen-bond donors (Lipinski definition) is 2. The molecule has 0 saturated carbocycles. The van der Waals surface area contributed by atoms with Gasteiger partial charge >= 0.3 is 0 Å². The fourth-order valence-electron chi connectivity index (χ4n) is 2.98. The number of benzene rings is 2. The van der Waals surface area contributed by atoms with Crippen LogP contribution in [0.1, 0.15) is 23.1 Å². The molecule has 168 valence electrons. The van der Waals surface area contributed by atoms with Gasteiger partial charge in [0.05, 0.1) is 0 Å². The Morgan fingerprint density at radius 1 is 1.06 bits per heavy atom. The summed E-state index contributed by atoms with van der Waals surface area (Å²) in [4.78, 5) is 14.9. The van der Waals surface area contributed by atoms with Gasteiger partial charge in [0.1, 0.15) is 6.04 Å². The normalized spacial score (nSPS) is 12.9. The lowest BCUT2D eigenvalue weighted by Crippen LogP contribution is -2.46. The van der Waals surface area contributed by atoms with Gasteiger partial charge < -0.3 is 10.2 Å². The molecule has 8 heteroatoms. The van der Waals surface area contributed by atoms with Crippen molar-refractivity contribution in [3.63, 3.8) is 0 Å². The second kappa shape index (κ2) is 12.7. The predicted octanol–water partition coefficient (Wildman–Crippen LogP) is 3.08. The molecule has 0 bridgehead atoms. The first-order valence-corrected chi connectivity index (χ1v) is 13.0. The molecule has 0 heterocycles. The molecule has 2 aromatic carbocycles. The van der Waals surface area contributed by atoms with Crippen LogP contribution in [0, 0.1) is 0 Å². The molecule has 0 aliphatic carbocycles. The number of thioether (sulfide) groups is 1. The third kappa shape index (κ3) is 9.26. The first kappa shape index (κ1) is 25.1. The monoisotopic (exact) mass is 461 g/mol. The fraction of sp³-hybridized carbons (Fsp3) is 0.348. The number of nitrogens with one attached hydrogen (secondary N) is 2. The topological polar surface area (TPSA) is 78.5 Å². The Balaban J connectivity index is 2.06. The molecule has 0 saturated heterocycles. The Bertz CT molecular complexity index is 961. The van der Waals surface area contributed by atoms with Gasteiger partial charge in [-0.25, -0.2) is 8.42 Å². The molecular formula is C23H31N3O3S2. The van der Waals surface area contributed by atoms with Crippen molar-refractivity contribution in [3.05, 3.63) is 76.7 Å². The van der Waals surface area contributed by atoms with E-state index >= 15 is 0 Å². The molecule has 2 N–H and O–H groups in total. The van der Waals surface area contributed by atoms with Crippen molar-refractivity contribution >= 4 is 33.8 Å². The van der Waals surface area contributed by atoms with Crippen LogP contribution in [-0.2, 0) is 27.9 Å². The summed E-state index contributed by atoms with van der Waals surface area (Å²) < 4.78 is 27.6. The van der Waals surface area contributed by atoms with Crippen LogP contribution in [0.2, 0.25) is 0 Å². The summed E-state index contributed by atoms with van der Waals surface area (Å²) in [5.74, 6) is 0.339. The maximum absolute atomic E-state index is 12.8. The average Bonchev–Trinajstić information content (AvgIpc) is 2.75. The van der Waals surface area contributed by atoms with E-state index in [1.807, 2.05) is 74.9 Å². The largest absolute Gasteiger partial charge is 0.351 e. The van der Waals surface area contributed by atoms with E-state index in [0.717, 1.165) is 28.6 Å². The first-order chi connectivity index (χ1) is 14.8. The van der Waals surface area contributed by atoms with Crippen LogP contribution >= 0.6 is 11.8 Å². The van der Waals surface area contributed by atoms with Crippen LogP contribution in [0.15, 0.2) is 60.0 Å². The maximum atomic E-state index is 12.8. The highest BCUT2D eigenvalue weighted by molar-refractivity contribution is 7.98. The minimum absolute atomic E-state index is 0.328. The number of amides is 1. The second-order valence-corrected chi connectivity index (χ2v) is 10.0. The zero-order valence-electron chi connectivity index (χ0n) is 18.2. The third-order valence-electron chi connectivity index (χ3n) is 4.53. The number of carbonyl (C=O) groups excluding carboxylic acids is 1. The molecule has 0 aromatic heterocycles. The van der Waals surface area contributed by atoms with Gasteiger partial charge in [0.15, 0.2) is 0 Å². The molecule has 1 atom stereocenters. The number of sulfonamides is 1. The van der Waals surface area contributed by atoms with E-state index in [1.54, 1.807) is 11.8 Å². The van der Waals surface area contributed by atoms with Gasteiger partial charge in [0.25, 0.3) is 0 Å². The standard InChI is InChI=1S/C23H31N3O3S2/c1-26(2)18-21-12-8-7-11-20(21)17-24-23(27)22(13-15-30-3)25-31(28,29)16-14-19-9-5-4-6-10-19/h4-12,14,16,22,25H,13,15,17-18H2,1-3H3,(H,24,27)/b16-14-/t22-/m1/s1. The smallest absolute Gasteiger partial charge is 0.238 e. The highest BCUT2D eigenvalue weighted by Crippen LogP contribution is 2.11. The SMILES string of the molecule is CSCC[C@@H](NS(=O)(=O)/C=C\c1ccccc1)C(=O)NCc1ccccc1CN(C)C. The lowest BCUT2D eigenvalue weighted by molar-refractivity contribution is -0.122. The lowest BCUT2D eigenvalue weighted by Gasteiger charge is -2.19. The third-order valence-corrected chi connectivity index (χ3v) is 6.28. The summed E-state index contributed by atoms with van der Waals surface area (Å²) in [5.41, 5.74) is 2.91. The number of rotatable bonds is 12. The molecule has 0 spiro atoms. The van der Waals surface area contributed by atoms with Crippen molar-refractivity contribution in [2.45, 2.75) is 25.6 Å². The van der Waals surface area contributed by atoms with Crippen LogP contribution in [0.5, 0.6) is 0 Å². The van der Waals surface area contributed by atoms with Crippen molar-refractivity contribution in [1.29, 1.82) is 0 Å². The van der Waals surface area contributed by atoms with E-state index < -0.39 is 16.1 Å². The fourth-order valence-corrected chi connectivity index (χ4v) is 4.49. The van der Waals surface area contributed by atoms with Gasteiger partial charge in [0, 0.05) is 18.5 Å². The molecule has 2 aromatic rings. The molecule has 0 radical (unpaired) electrons. The van der Waals surface area contributed by atoms with Gasteiger partial charge in [-0.3, -0.25) is 4.79 Å². The molecule has 31 heavy (non-hydrogen) atoms. The van der Waals surface area contributed by atoms with Crippen molar-refractivity contribution in [2.24, 2.45) is 0 Å². The Hall–Kier alpha value is -2.13. The van der Waals surface area contributed by atoms with E-state index in [2.05, 4.69) is 14.9 Å². The Morgan fingerprint density at radius 3 is 2.35 bits per heavy atom. The predicted molar refractivity (Wildman–Crippen MR) is 130 cm³/mol. The van der Waals surface area contributed by atoms with Gasteiger partial charge in [-0.1, -0.05) is 54.6 Å². The minimum Gasteiger partial charge on any atom is -0.351 e. The van der Waals surface area contributed by atoms with Gasteiger partial charge in [-0.05, 0) is 55.3 Å². The van der Waals surface area contributed by atoms with Crippen LogP contribution in [0.3, 0.4) is 0 Å². The second-order valence-electron chi connectivity index (χ2n) is 7.43. The van der Waals surface area contributed by atoms with Crippen LogP contribution in [-0.4, -0.2) is 51.4 Å². The molecule has 0 aliphatic heterocycles. The Labute approximate surface area is 190 Å².